The largest absolute Gasteiger partial charge is 0.317 e. The predicted octanol–water partition coefficient (Wildman–Crippen LogP) is 1.33. The second-order valence-electron chi connectivity index (χ2n) is 1.60. The Balaban J connectivity index is 0. The van der Waals surface area contributed by atoms with Gasteiger partial charge in [0.25, 0.3) is 0 Å². The highest BCUT2D eigenvalue weighted by molar-refractivity contribution is 5.85. The number of azide groups is 1. The highest BCUT2D eigenvalue weighted by Gasteiger charge is 1.90. The average molecular weight is 151 g/mol. The van der Waals surface area contributed by atoms with Crippen LogP contribution in [-0.4, -0.2) is 19.6 Å². The molecule has 0 aliphatic rings. The van der Waals surface area contributed by atoms with Gasteiger partial charge in [0.05, 0.1) is 0 Å². The number of halogens is 1. The van der Waals surface area contributed by atoms with Gasteiger partial charge < -0.3 is 5.32 Å². The molecule has 54 valence electrons. The molecule has 1 atom stereocenters. The SMILES string of the molecule is CN[C@@H](C)CN=[N+]=[N-].Cl. The van der Waals surface area contributed by atoms with Crippen LogP contribution in [0.4, 0.5) is 0 Å². The minimum Gasteiger partial charge on any atom is -0.317 e. The maximum Gasteiger partial charge on any atom is 0.0409 e. The van der Waals surface area contributed by atoms with Crippen LogP contribution in [0.25, 0.3) is 10.4 Å². The first-order valence-corrected chi connectivity index (χ1v) is 2.49. The molecule has 0 radical (unpaired) electrons. The molecule has 4 nitrogen and oxygen atoms in total. The second-order valence-corrected chi connectivity index (χ2v) is 1.60. The van der Waals surface area contributed by atoms with Gasteiger partial charge in [-0.1, -0.05) is 5.11 Å². The normalized spacial score (nSPS) is 10.9. The summed E-state index contributed by atoms with van der Waals surface area (Å²) in [6.45, 7) is 2.47. The highest BCUT2D eigenvalue weighted by atomic mass is 35.5. The van der Waals surface area contributed by atoms with Crippen molar-refractivity contribution in [3.05, 3.63) is 10.4 Å². The molecule has 0 aromatic rings. The summed E-state index contributed by atoms with van der Waals surface area (Å²) >= 11 is 0. The summed E-state index contributed by atoms with van der Waals surface area (Å²) in [5.41, 5.74) is 7.84. The molecule has 0 spiro atoms. The van der Waals surface area contributed by atoms with Crippen LogP contribution < -0.4 is 5.32 Å². The lowest BCUT2D eigenvalue weighted by atomic mass is 10.4. The first-order chi connectivity index (χ1) is 3.81. The van der Waals surface area contributed by atoms with Crippen molar-refractivity contribution in [3.63, 3.8) is 0 Å². The van der Waals surface area contributed by atoms with Gasteiger partial charge in [0, 0.05) is 17.5 Å². The van der Waals surface area contributed by atoms with E-state index in [0.29, 0.717) is 6.54 Å². The van der Waals surface area contributed by atoms with E-state index in [1.54, 1.807) is 0 Å². The molecule has 0 fully saturated rings. The van der Waals surface area contributed by atoms with E-state index >= 15 is 0 Å². The molecule has 0 unspecified atom stereocenters. The summed E-state index contributed by atoms with van der Waals surface area (Å²) in [4.78, 5) is 2.61. The Kier molecular flexibility index (Phi) is 9.55. The van der Waals surface area contributed by atoms with Crippen LogP contribution in [0.1, 0.15) is 6.92 Å². The topological polar surface area (TPSA) is 60.8 Å². The molecule has 0 amide bonds. The lowest BCUT2D eigenvalue weighted by Crippen LogP contribution is -2.23. The quantitative estimate of drug-likeness (QED) is 0.368. The van der Waals surface area contributed by atoms with Crippen LogP contribution in [-0.2, 0) is 0 Å². The van der Waals surface area contributed by atoms with Crippen molar-refractivity contribution in [2.45, 2.75) is 13.0 Å². The van der Waals surface area contributed by atoms with Gasteiger partial charge in [-0.2, -0.15) is 0 Å². The summed E-state index contributed by atoms with van der Waals surface area (Å²) in [6, 6.07) is 0.283. The van der Waals surface area contributed by atoms with Crippen molar-refractivity contribution in [3.8, 4) is 0 Å². The molecular weight excluding hydrogens is 140 g/mol. The van der Waals surface area contributed by atoms with Crippen LogP contribution in [0, 0.1) is 0 Å². The van der Waals surface area contributed by atoms with Crippen LogP contribution in [0.15, 0.2) is 5.11 Å². The molecule has 0 saturated heterocycles. The van der Waals surface area contributed by atoms with Crippen molar-refractivity contribution in [2.75, 3.05) is 13.6 Å². The Bertz CT molecular complexity index is 98.7. The molecule has 0 aliphatic carbocycles. The van der Waals surface area contributed by atoms with E-state index in [2.05, 4.69) is 15.3 Å². The third-order valence-corrected chi connectivity index (χ3v) is 0.912. The maximum atomic E-state index is 7.84. The summed E-state index contributed by atoms with van der Waals surface area (Å²) in [5.74, 6) is 0. The fraction of sp³-hybridized carbons (Fsp3) is 1.00. The maximum absolute atomic E-state index is 7.84. The molecule has 0 saturated carbocycles. The Morgan fingerprint density at radius 3 is 2.67 bits per heavy atom. The van der Waals surface area contributed by atoms with Crippen molar-refractivity contribution >= 4 is 12.4 Å². The molecular formula is C4H11ClN4. The minimum absolute atomic E-state index is 0. The number of hydrogen-bond donors (Lipinski definition) is 1. The van der Waals surface area contributed by atoms with E-state index in [4.69, 9.17) is 5.53 Å². The van der Waals surface area contributed by atoms with Crippen molar-refractivity contribution in [2.24, 2.45) is 5.11 Å². The number of rotatable bonds is 3. The third-order valence-electron chi connectivity index (χ3n) is 0.912. The number of likely N-dealkylation sites (N-methyl/N-ethyl adjacent to an activating group) is 1. The molecule has 9 heavy (non-hydrogen) atoms. The van der Waals surface area contributed by atoms with E-state index < -0.39 is 0 Å². The first-order valence-electron chi connectivity index (χ1n) is 2.49. The predicted molar refractivity (Wildman–Crippen MR) is 39.8 cm³/mol. The summed E-state index contributed by atoms with van der Waals surface area (Å²) in [7, 11) is 1.83. The van der Waals surface area contributed by atoms with Gasteiger partial charge in [-0.25, -0.2) is 0 Å². The fourth-order valence-corrected chi connectivity index (χ4v) is 0.250. The van der Waals surface area contributed by atoms with Crippen LogP contribution in [0.2, 0.25) is 0 Å². The molecule has 0 heterocycles. The van der Waals surface area contributed by atoms with E-state index in [1.165, 1.54) is 0 Å². The Labute approximate surface area is 60.7 Å². The molecule has 5 heteroatoms. The molecule has 1 N–H and O–H groups in total. The summed E-state index contributed by atoms with van der Waals surface area (Å²) in [6.07, 6.45) is 0. The molecule has 0 aliphatic heterocycles. The van der Waals surface area contributed by atoms with E-state index in [1.807, 2.05) is 14.0 Å². The second kappa shape index (κ2) is 7.56. The Hall–Kier alpha value is -0.440. The van der Waals surface area contributed by atoms with Gasteiger partial charge in [0.2, 0.25) is 0 Å². The number of hydrogen-bond acceptors (Lipinski definition) is 2. The minimum atomic E-state index is 0. The lowest BCUT2D eigenvalue weighted by molar-refractivity contribution is 0.620. The smallest absolute Gasteiger partial charge is 0.0409 e. The molecule has 0 aromatic heterocycles. The van der Waals surface area contributed by atoms with Gasteiger partial charge in [-0.05, 0) is 19.5 Å². The van der Waals surface area contributed by atoms with Crippen molar-refractivity contribution < 1.29 is 0 Å². The van der Waals surface area contributed by atoms with Crippen molar-refractivity contribution in [1.29, 1.82) is 0 Å². The Morgan fingerprint density at radius 1 is 1.78 bits per heavy atom. The molecule has 0 bridgehead atoms. The monoisotopic (exact) mass is 150 g/mol. The van der Waals surface area contributed by atoms with E-state index in [0.717, 1.165) is 0 Å². The van der Waals surface area contributed by atoms with Gasteiger partial charge in [-0.15, -0.1) is 12.4 Å². The van der Waals surface area contributed by atoms with Crippen molar-refractivity contribution in [1.82, 2.24) is 5.32 Å². The number of nitrogens with one attached hydrogen (secondary N) is 1. The van der Waals surface area contributed by atoms with Gasteiger partial charge in [0.15, 0.2) is 0 Å². The summed E-state index contributed by atoms with van der Waals surface area (Å²) < 4.78 is 0. The zero-order valence-corrected chi connectivity index (χ0v) is 6.35. The van der Waals surface area contributed by atoms with E-state index in [-0.39, 0.29) is 18.4 Å². The van der Waals surface area contributed by atoms with Crippen LogP contribution in [0.3, 0.4) is 0 Å². The average Bonchev–Trinajstić information content (AvgIpc) is 1.83. The van der Waals surface area contributed by atoms with E-state index in [9.17, 15) is 0 Å². The first kappa shape index (κ1) is 11.4. The zero-order chi connectivity index (χ0) is 6.41. The van der Waals surface area contributed by atoms with Crippen LogP contribution in [0.5, 0.6) is 0 Å². The number of nitrogens with zero attached hydrogens (tertiary/aromatic N) is 3. The highest BCUT2D eigenvalue weighted by Crippen LogP contribution is 1.79. The van der Waals surface area contributed by atoms with Crippen LogP contribution >= 0.6 is 12.4 Å². The molecule has 0 aromatic carbocycles. The summed E-state index contributed by atoms with van der Waals surface area (Å²) in [5, 5.41) is 6.30. The Morgan fingerprint density at radius 2 is 2.33 bits per heavy atom. The standard InChI is InChI=1S/C4H10N4.ClH/c1-4(6-2)3-7-8-5;/h4,6H,3H2,1-2H3;1H/t4-;/m0./s1. The molecule has 0 rings (SSSR count). The third kappa shape index (κ3) is 7.56. The zero-order valence-electron chi connectivity index (χ0n) is 5.53. The van der Waals surface area contributed by atoms with Gasteiger partial charge in [0.1, 0.15) is 0 Å². The van der Waals surface area contributed by atoms with Gasteiger partial charge in [-0.3, -0.25) is 0 Å². The fourth-order valence-electron chi connectivity index (χ4n) is 0.250. The lowest BCUT2D eigenvalue weighted by Gasteiger charge is -2.02. The van der Waals surface area contributed by atoms with Gasteiger partial charge >= 0.3 is 0 Å².